The number of nitrogens with zero attached hydrogens (tertiary/aromatic N) is 3. The zero-order valence-electron chi connectivity index (χ0n) is 18.3. The molecule has 2 aliphatic heterocycles. The number of amides is 1. The molecule has 1 saturated heterocycles. The summed E-state index contributed by atoms with van der Waals surface area (Å²) in [5.41, 5.74) is 0.772. The maximum absolute atomic E-state index is 14.0. The summed E-state index contributed by atoms with van der Waals surface area (Å²) in [5, 5.41) is 7.10. The number of benzene rings is 1. The number of likely N-dealkylation sites (tertiary alicyclic amines) is 1. The Bertz CT molecular complexity index is 983. The Morgan fingerprint density at radius 1 is 1.16 bits per heavy atom. The van der Waals surface area contributed by atoms with E-state index >= 15 is 0 Å². The maximum atomic E-state index is 14.0. The van der Waals surface area contributed by atoms with Crippen molar-refractivity contribution < 1.29 is 27.4 Å². The number of carbonyl (C=O) groups excluding carboxylic acids is 1. The van der Waals surface area contributed by atoms with Crippen molar-refractivity contribution in [3.8, 4) is 11.5 Å². The number of piperidine rings is 1. The van der Waals surface area contributed by atoms with Crippen molar-refractivity contribution in [1.29, 1.82) is 0 Å². The van der Waals surface area contributed by atoms with E-state index in [1.54, 1.807) is 23.1 Å². The molecule has 0 aliphatic carbocycles. The second kappa shape index (κ2) is 8.55. The third-order valence-electron chi connectivity index (χ3n) is 6.35. The predicted molar refractivity (Wildman–Crippen MR) is 112 cm³/mol. The number of aromatic nitrogens is 2. The van der Waals surface area contributed by atoms with Gasteiger partial charge in [-0.15, -0.1) is 0 Å². The van der Waals surface area contributed by atoms with Gasteiger partial charge in [-0.1, -0.05) is 13.0 Å². The van der Waals surface area contributed by atoms with Crippen LogP contribution in [0.4, 0.5) is 19.0 Å². The molecule has 7 nitrogen and oxygen atoms in total. The molecular formula is C22H27F3N4O3. The van der Waals surface area contributed by atoms with Crippen LogP contribution < -0.4 is 14.8 Å². The monoisotopic (exact) mass is 452 g/mol. The zero-order chi connectivity index (χ0) is 23.0. The normalized spacial score (nSPS) is 21.6. The van der Waals surface area contributed by atoms with E-state index in [1.165, 1.54) is 20.4 Å². The van der Waals surface area contributed by atoms with Crippen LogP contribution in [0.3, 0.4) is 0 Å². The smallest absolute Gasteiger partial charge is 0.410 e. The SMILES string of the molecule is COc1ccc([C@H]2C[C@@H](C(F)(F)F)n3ncc(C(=O)N4CCC(C)CC4)c3N2)cc1OC. The van der Waals surface area contributed by atoms with Crippen LogP contribution in [0.2, 0.25) is 0 Å². The number of halogens is 3. The van der Waals surface area contributed by atoms with E-state index in [2.05, 4.69) is 17.3 Å². The predicted octanol–water partition coefficient (Wildman–Crippen LogP) is 4.43. The second-order valence-electron chi connectivity index (χ2n) is 8.43. The van der Waals surface area contributed by atoms with Gasteiger partial charge in [-0.2, -0.15) is 18.3 Å². The molecule has 4 rings (SSSR count). The van der Waals surface area contributed by atoms with Gasteiger partial charge < -0.3 is 19.7 Å². The van der Waals surface area contributed by atoms with Crippen LogP contribution in [0.15, 0.2) is 24.4 Å². The van der Waals surface area contributed by atoms with Gasteiger partial charge in [0.2, 0.25) is 0 Å². The fraction of sp³-hybridized carbons (Fsp3) is 0.545. The molecule has 0 unspecified atom stereocenters. The molecule has 3 heterocycles. The van der Waals surface area contributed by atoms with Gasteiger partial charge in [0.25, 0.3) is 5.91 Å². The summed E-state index contributed by atoms with van der Waals surface area (Å²) in [6.45, 7) is 3.31. The van der Waals surface area contributed by atoms with Crippen LogP contribution in [0, 0.1) is 5.92 Å². The quantitative estimate of drug-likeness (QED) is 0.743. The maximum Gasteiger partial charge on any atom is 0.410 e. The largest absolute Gasteiger partial charge is 0.493 e. The highest BCUT2D eigenvalue weighted by molar-refractivity contribution is 5.99. The Morgan fingerprint density at radius 2 is 1.84 bits per heavy atom. The Labute approximate surface area is 184 Å². The summed E-state index contributed by atoms with van der Waals surface area (Å²) >= 11 is 0. The van der Waals surface area contributed by atoms with Gasteiger partial charge in [0.15, 0.2) is 17.5 Å². The highest BCUT2D eigenvalue weighted by atomic mass is 19.4. The summed E-state index contributed by atoms with van der Waals surface area (Å²) in [5.74, 6) is 1.25. The standard InChI is InChI=1S/C22H27F3N4O3/c1-13-6-8-28(9-7-13)21(30)15-12-26-29-19(22(23,24)25)11-16(27-20(15)29)14-4-5-17(31-2)18(10-14)32-3/h4-5,10,12-13,16,19,27H,6-9,11H2,1-3H3/t16-,19+/m1/s1. The molecule has 2 atom stereocenters. The molecule has 0 bridgehead atoms. The van der Waals surface area contributed by atoms with Crippen LogP contribution in [-0.2, 0) is 0 Å². The van der Waals surface area contributed by atoms with Crippen LogP contribution >= 0.6 is 0 Å². The first-order valence-electron chi connectivity index (χ1n) is 10.6. The fourth-order valence-corrected chi connectivity index (χ4v) is 4.39. The van der Waals surface area contributed by atoms with Gasteiger partial charge in [0, 0.05) is 19.5 Å². The lowest BCUT2D eigenvalue weighted by Gasteiger charge is -2.35. The molecule has 1 N–H and O–H groups in total. The van der Waals surface area contributed by atoms with Crippen molar-refractivity contribution in [3.63, 3.8) is 0 Å². The number of fused-ring (bicyclic) bond motifs is 1. The van der Waals surface area contributed by atoms with Crippen LogP contribution in [0.1, 0.15) is 54.2 Å². The Morgan fingerprint density at radius 3 is 2.47 bits per heavy atom. The van der Waals surface area contributed by atoms with Gasteiger partial charge in [0.05, 0.1) is 26.5 Å². The minimum absolute atomic E-state index is 0.0991. The van der Waals surface area contributed by atoms with Gasteiger partial charge in [-0.05, 0) is 36.5 Å². The number of anilines is 1. The molecular weight excluding hydrogens is 425 g/mol. The van der Waals surface area contributed by atoms with Crippen molar-refractivity contribution in [1.82, 2.24) is 14.7 Å². The van der Waals surface area contributed by atoms with Gasteiger partial charge in [-0.25, -0.2) is 4.68 Å². The van der Waals surface area contributed by atoms with Crippen molar-refractivity contribution in [2.45, 2.75) is 44.4 Å². The number of methoxy groups -OCH3 is 2. The van der Waals surface area contributed by atoms with E-state index < -0.39 is 18.3 Å². The number of hydrogen-bond donors (Lipinski definition) is 1. The highest BCUT2D eigenvalue weighted by Crippen LogP contribution is 2.45. The summed E-state index contributed by atoms with van der Waals surface area (Å²) in [7, 11) is 2.97. The van der Waals surface area contributed by atoms with Crippen molar-refractivity contribution in [3.05, 3.63) is 35.5 Å². The molecule has 0 radical (unpaired) electrons. The molecule has 1 aromatic heterocycles. The van der Waals surface area contributed by atoms with Crippen LogP contribution in [0.25, 0.3) is 0 Å². The summed E-state index contributed by atoms with van der Waals surface area (Å²) in [4.78, 5) is 14.8. The molecule has 1 fully saturated rings. The third-order valence-corrected chi connectivity index (χ3v) is 6.35. The van der Waals surface area contributed by atoms with Gasteiger partial charge >= 0.3 is 6.18 Å². The topological polar surface area (TPSA) is 68.6 Å². The Balaban J connectivity index is 1.69. The molecule has 2 aliphatic rings. The van der Waals surface area contributed by atoms with Crippen LogP contribution in [0.5, 0.6) is 11.5 Å². The summed E-state index contributed by atoms with van der Waals surface area (Å²) < 4.78 is 53.3. The van der Waals surface area contributed by atoms with Gasteiger partial charge in [0.1, 0.15) is 11.4 Å². The van der Waals surface area contributed by atoms with Crippen molar-refractivity contribution >= 4 is 11.7 Å². The minimum atomic E-state index is -4.52. The summed E-state index contributed by atoms with van der Waals surface area (Å²) in [6.07, 6.45) is -1.77. The van der Waals surface area contributed by atoms with E-state index in [-0.39, 0.29) is 23.7 Å². The molecule has 174 valence electrons. The number of rotatable bonds is 4. The minimum Gasteiger partial charge on any atom is -0.493 e. The first-order chi connectivity index (χ1) is 15.2. The van der Waals surface area contributed by atoms with E-state index in [4.69, 9.17) is 9.47 Å². The molecule has 0 saturated carbocycles. The number of ether oxygens (including phenoxy) is 2. The Kier molecular flexibility index (Phi) is 5.96. The Hall–Kier alpha value is -2.91. The molecule has 32 heavy (non-hydrogen) atoms. The van der Waals surface area contributed by atoms with E-state index in [9.17, 15) is 18.0 Å². The van der Waals surface area contributed by atoms with E-state index in [0.29, 0.717) is 36.1 Å². The van der Waals surface area contributed by atoms with E-state index in [0.717, 1.165) is 17.5 Å². The fourth-order valence-electron chi connectivity index (χ4n) is 4.39. The molecule has 1 aromatic carbocycles. The highest BCUT2D eigenvalue weighted by Gasteiger charge is 2.47. The molecule has 0 spiro atoms. The van der Waals surface area contributed by atoms with E-state index in [1.807, 2.05) is 0 Å². The lowest BCUT2D eigenvalue weighted by Crippen LogP contribution is -2.39. The summed E-state index contributed by atoms with van der Waals surface area (Å²) in [6, 6.07) is 2.49. The number of nitrogens with one attached hydrogen (secondary N) is 1. The molecule has 10 heteroatoms. The van der Waals surface area contributed by atoms with Crippen LogP contribution in [-0.4, -0.2) is 54.1 Å². The third kappa shape index (κ3) is 4.10. The number of carbonyl (C=O) groups is 1. The molecule has 2 aromatic rings. The second-order valence-corrected chi connectivity index (χ2v) is 8.43. The number of alkyl halides is 3. The first-order valence-corrected chi connectivity index (χ1v) is 10.6. The molecule has 1 amide bonds. The average molecular weight is 452 g/mol. The lowest BCUT2D eigenvalue weighted by atomic mass is 9.96. The van der Waals surface area contributed by atoms with Gasteiger partial charge in [-0.3, -0.25) is 4.79 Å². The first kappa shape index (κ1) is 22.3. The van der Waals surface area contributed by atoms with Crippen molar-refractivity contribution in [2.24, 2.45) is 5.92 Å². The number of hydrogen-bond acceptors (Lipinski definition) is 5. The average Bonchev–Trinajstić information content (AvgIpc) is 3.21. The zero-order valence-corrected chi connectivity index (χ0v) is 18.3. The lowest BCUT2D eigenvalue weighted by molar-refractivity contribution is -0.173. The van der Waals surface area contributed by atoms with Crippen molar-refractivity contribution in [2.75, 3.05) is 32.6 Å².